The Morgan fingerprint density at radius 2 is 0.947 bits per heavy atom. The predicted molar refractivity (Wildman–Crippen MR) is 72.7 cm³/mol. The first kappa shape index (κ1) is 24.4. The van der Waals surface area contributed by atoms with Gasteiger partial charge in [0.2, 0.25) is 0 Å². The van der Waals surface area contributed by atoms with Gasteiger partial charge in [0.25, 0.3) is 0 Å². The van der Waals surface area contributed by atoms with Crippen LogP contribution in [-0.2, 0) is 26.2 Å². The maximum atomic E-state index is 2.20. The fraction of sp³-hybridized carbons (Fsp3) is 0.375. The van der Waals surface area contributed by atoms with E-state index in [1.54, 1.807) is 0 Å². The molecule has 0 aliphatic heterocycles. The smallest absolute Gasteiger partial charge is 1.00 e. The van der Waals surface area contributed by atoms with Gasteiger partial charge in [-0.3, -0.25) is 0 Å². The Morgan fingerprint density at radius 1 is 0.632 bits per heavy atom. The molecule has 0 nitrogen and oxygen atoms in total. The van der Waals surface area contributed by atoms with Crippen molar-refractivity contribution in [3.8, 4) is 0 Å². The van der Waals surface area contributed by atoms with E-state index in [0.29, 0.717) is 11.8 Å². The average molecular weight is 376 g/mol. The molecule has 0 saturated heterocycles. The molecule has 0 fully saturated rings. The first-order valence-electron chi connectivity index (χ1n) is 6.04. The zero-order valence-corrected chi connectivity index (χ0v) is 16.0. The summed E-state index contributed by atoms with van der Waals surface area (Å²) in [6, 6.07) is 0. The van der Waals surface area contributed by atoms with Crippen molar-refractivity contribution in [3.63, 3.8) is 0 Å². The number of hydrogen-bond acceptors (Lipinski definition) is 0. The maximum Gasteiger partial charge on any atom is 2.00 e. The summed E-state index contributed by atoms with van der Waals surface area (Å²) in [5.74, 6) is 1.37. The van der Waals surface area contributed by atoms with E-state index in [0.717, 1.165) is 0 Å². The van der Waals surface area contributed by atoms with Crippen molar-refractivity contribution in [3.05, 3.63) is 60.4 Å². The van der Waals surface area contributed by atoms with Gasteiger partial charge in [-0.15, -0.1) is 0 Å². The van der Waals surface area contributed by atoms with Gasteiger partial charge in [0, 0.05) is 12.8 Å². The van der Waals surface area contributed by atoms with Crippen molar-refractivity contribution in [2.24, 2.45) is 11.8 Å². The van der Waals surface area contributed by atoms with Crippen LogP contribution in [-0.4, -0.2) is 0 Å². The molecule has 2 aliphatic rings. The molecule has 19 heavy (non-hydrogen) atoms. The molecule has 2 rings (SSSR count). The van der Waals surface area contributed by atoms with Crippen LogP contribution in [0.5, 0.6) is 0 Å². The van der Waals surface area contributed by atoms with Gasteiger partial charge in [0.1, 0.15) is 0 Å². The van der Waals surface area contributed by atoms with Crippen LogP contribution in [0.1, 0.15) is 27.7 Å². The Hall–Kier alpha value is 0.423. The Balaban J connectivity index is -0.000000233. The van der Waals surface area contributed by atoms with Crippen LogP contribution in [0.2, 0.25) is 0 Å². The summed E-state index contributed by atoms with van der Waals surface area (Å²) in [4.78, 5) is 0. The molecule has 0 saturated carbocycles. The van der Waals surface area contributed by atoms with Crippen molar-refractivity contribution in [1.82, 2.24) is 0 Å². The molecule has 0 bridgehead atoms. The molecule has 0 atom stereocenters. The van der Waals surface area contributed by atoms with Gasteiger partial charge in [-0.05, 0) is 11.8 Å². The van der Waals surface area contributed by atoms with E-state index in [-0.39, 0.29) is 51.0 Å². The summed E-state index contributed by atoms with van der Waals surface area (Å²) in [6.45, 7) is 8.81. The van der Waals surface area contributed by atoms with Crippen molar-refractivity contribution in [2.45, 2.75) is 27.7 Å². The summed E-state index contributed by atoms with van der Waals surface area (Å²) < 4.78 is 0. The third kappa shape index (κ3) is 9.88. The van der Waals surface area contributed by atoms with E-state index in [1.807, 2.05) is 0 Å². The van der Waals surface area contributed by atoms with Gasteiger partial charge in [0.05, 0.1) is 0 Å². The normalized spacial score (nSPS) is 14.8. The van der Waals surface area contributed by atoms with Gasteiger partial charge in [-0.1, -0.05) is 75.3 Å². The van der Waals surface area contributed by atoms with Crippen LogP contribution < -0.4 is 24.8 Å². The minimum absolute atomic E-state index is 0. The fourth-order valence-electron chi connectivity index (χ4n) is 1.55. The summed E-state index contributed by atoms with van der Waals surface area (Å²) in [6.07, 6.45) is 16.9. The zero-order chi connectivity index (χ0) is 12.0. The van der Waals surface area contributed by atoms with Crippen LogP contribution in [0.3, 0.4) is 0 Å². The SMILES string of the molecule is CC(C)C1=CC=C[CH]1.CC(C)C1=CC=C[CH]1.[Cl-].[Cl-].[Zr+2]. The second-order valence-corrected chi connectivity index (χ2v) is 4.75. The van der Waals surface area contributed by atoms with Crippen LogP contribution in [0, 0.1) is 24.7 Å². The minimum atomic E-state index is 0. The van der Waals surface area contributed by atoms with Gasteiger partial charge < -0.3 is 24.8 Å². The summed E-state index contributed by atoms with van der Waals surface area (Å²) in [5, 5.41) is 0. The molecule has 0 unspecified atom stereocenters. The Morgan fingerprint density at radius 3 is 1.05 bits per heavy atom. The van der Waals surface area contributed by atoms with Crippen molar-refractivity contribution in [2.75, 3.05) is 0 Å². The average Bonchev–Trinajstić information content (AvgIpc) is 2.93. The first-order valence-corrected chi connectivity index (χ1v) is 6.04. The van der Waals surface area contributed by atoms with Crippen molar-refractivity contribution >= 4 is 0 Å². The van der Waals surface area contributed by atoms with Gasteiger partial charge in [-0.2, -0.15) is 0 Å². The topological polar surface area (TPSA) is 0 Å². The second kappa shape index (κ2) is 13.4. The fourth-order valence-corrected chi connectivity index (χ4v) is 1.55. The van der Waals surface area contributed by atoms with E-state index in [2.05, 4.69) is 77.0 Å². The summed E-state index contributed by atoms with van der Waals surface area (Å²) >= 11 is 0. The molecule has 104 valence electrons. The third-order valence-corrected chi connectivity index (χ3v) is 2.71. The van der Waals surface area contributed by atoms with Crippen LogP contribution in [0.4, 0.5) is 0 Å². The molecule has 0 spiro atoms. The van der Waals surface area contributed by atoms with Gasteiger partial charge >= 0.3 is 26.2 Å². The first-order chi connectivity index (χ1) is 7.61. The Labute approximate surface area is 150 Å². The van der Waals surface area contributed by atoms with Crippen LogP contribution in [0.25, 0.3) is 0 Å². The zero-order valence-electron chi connectivity index (χ0n) is 12.0. The number of halogens is 2. The molecule has 0 N–H and O–H groups in total. The summed E-state index contributed by atoms with van der Waals surface area (Å²) in [5.41, 5.74) is 2.87. The van der Waals surface area contributed by atoms with E-state index in [4.69, 9.17) is 0 Å². The number of hydrogen-bond donors (Lipinski definition) is 0. The Bertz CT molecular complexity index is 303. The molecule has 3 heteroatoms. The minimum Gasteiger partial charge on any atom is -1.00 e. The van der Waals surface area contributed by atoms with E-state index in [1.165, 1.54) is 11.1 Å². The largest absolute Gasteiger partial charge is 2.00 e. The van der Waals surface area contributed by atoms with Gasteiger partial charge in [-0.25, -0.2) is 0 Å². The molecule has 0 amide bonds. The van der Waals surface area contributed by atoms with E-state index < -0.39 is 0 Å². The molecule has 2 radical (unpaired) electrons. The summed E-state index contributed by atoms with van der Waals surface area (Å²) in [7, 11) is 0. The molecule has 0 aromatic heterocycles. The van der Waals surface area contributed by atoms with E-state index >= 15 is 0 Å². The van der Waals surface area contributed by atoms with Crippen LogP contribution in [0.15, 0.2) is 47.6 Å². The number of rotatable bonds is 2. The Kier molecular flexibility index (Phi) is 17.2. The standard InChI is InChI=1S/2C8H11.2ClH.Zr/c2*1-7(2)8-5-3-4-6-8;;;/h2*3-7H,1-2H3;2*1H;/q;;;;+2/p-2. The molecular formula is C16H22Cl2Zr. The van der Waals surface area contributed by atoms with Crippen molar-refractivity contribution in [1.29, 1.82) is 0 Å². The number of allylic oxidation sites excluding steroid dienone is 8. The third-order valence-electron chi connectivity index (χ3n) is 2.71. The molecule has 0 aromatic rings. The van der Waals surface area contributed by atoms with Gasteiger partial charge in [0.15, 0.2) is 0 Å². The monoisotopic (exact) mass is 374 g/mol. The maximum absolute atomic E-state index is 2.20. The van der Waals surface area contributed by atoms with Crippen molar-refractivity contribution < 1.29 is 51.0 Å². The predicted octanol–water partition coefficient (Wildman–Crippen LogP) is -1.31. The van der Waals surface area contributed by atoms with Crippen LogP contribution >= 0.6 is 0 Å². The van der Waals surface area contributed by atoms with E-state index in [9.17, 15) is 0 Å². The molecule has 2 aliphatic carbocycles. The molecular weight excluding hydrogens is 354 g/mol. The molecule has 0 heterocycles. The quantitative estimate of drug-likeness (QED) is 0.562. The molecule has 0 aromatic carbocycles. The second-order valence-electron chi connectivity index (χ2n) is 4.75.